The lowest BCUT2D eigenvalue weighted by molar-refractivity contribution is -0.139. The van der Waals surface area contributed by atoms with E-state index in [2.05, 4.69) is 15.9 Å². The molecule has 1 unspecified atom stereocenters. The average Bonchev–Trinajstić information content (AvgIpc) is 2.96. The monoisotopic (exact) mass is 459 g/mol. The van der Waals surface area contributed by atoms with Crippen molar-refractivity contribution in [2.45, 2.75) is 25.8 Å². The molecule has 3 rings (SSSR count). The normalized spacial score (nSPS) is 18.3. The molecule has 0 bridgehead atoms. The van der Waals surface area contributed by atoms with Crippen LogP contribution in [0.4, 0.5) is 0 Å². The van der Waals surface area contributed by atoms with Crippen LogP contribution in [0.25, 0.3) is 5.76 Å². The van der Waals surface area contributed by atoms with Crippen LogP contribution in [0, 0.1) is 0 Å². The van der Waals surface area contributed by atoms with Crippen LogP contribution in [0.15, 0.2) is 52.5 Å². The van der Waals surface area contributed by atoms with Gasteiger partial charge >= 0.3 is 0 Å². The molecule has 6 nitrogen and oxygen atoms in total. The van der Waals surface area contributed by atoms with Crippen LogP contribution >= 0.6 is 15.9 Å². The van der Waals surface area contributed by atoms with Gasteiger partial charge in [0.05, 0.1) is 23.2 Å². The SMILES string of the molecule is CCCCN1C(=O)C(=O)/C(=C(\O)c2ccc(OC)c(Br)c2)C1c1cccc(O)c1. The second-order valence-electron chi connectivity index (χ2n) is 6.79. The van der Waals surface area contributed by atoms with Gasteiger partial charge in [-0.15, -0.1) is 0 Å². The molecule has 1 amide bonds. The second kappa shape index (κ2) is 8.69. The highest BCUT2D eigenvalue weighted by molar-refractivity contribution is 9.10. The van der Waals surface area contributed by atoms with Crippen molar-refractivity contribution in [3.8, 4) is 11.5 Å². The van der Waals surface area contributed by atoms with Crippen LogP contribution in [0.5, 0.6) is 11.5 Å². The number of methoxy groups -OCH3 is 1. The summed E-state index contributed by atoms with van der Waals surface area (Å²) in [6.45, 7) is 2.37. The molecule has 0 radical (unpaired) electrons. The Morgan fingerprint density at radius 1 is 1.21 bits per heavy atom. The first-order chi connectivity index (χ1) is 13.9. The third-order valence-electron chi connectivity index (χ3n) is 4.90. The van der Waals surface area contributed by atoms with Crippen LogP contribution in [0.3, 0.4) is 0 Å². The highest BCUT2D eigenvalue weighted by atomic mass is 79.9. The summed E-state index contributed by atoms with van der Waals surface area (Å²) in [5.74, 6) is -1.05. The van der Waals surface area contributed by atoms with Gasteiger partial charge in [-0.25, -0.2) is 0 Å². The molecule has 7 heteroatoms. The number of phenols is 1. The van der Waals surface area contributed by atoms with Gasteiger partial charge in [-0.05, 0) is 58.2 Å². The number of aliphatic hydroxyl groups excluding tert-OH is 1. The Morgan fingerprint density at radius 2 is 1.97 bits per heavy atom. The van der Waals surface area contributed by atoms with E-state index >= 15 is 0 Å². The number of hydrogen-bond donors (Lipinski definition) is 2. The van der Waals surface area contributed by atoms with E-state index in [1.807, 2.05) is 6.92 Å². The molecule has 2 aromatic carbocycles. The molecule has 1 saturated heterocycles. The zero-order chi connectivity index (χ0) is 21.1. The number of rotatable bonds is 6. The number of hydrogen-bond acceptors (Lipinski definition) is 5. The Hall–Kier alpha value is -2.80. The number of unbranched alkanes of at least 4 members (excludes halogenated alkanes) is 1. The highest BCUT2D eigenvalue weighted by Gasteiger charge is 2.45. The number of halogens is 1. The van der Waals surface area contributed by atoms with Crippen molar-refractivity contribution in [3.05, 3.63) is 63.6 Å². The number of nitrogens with zero attached hydrogens (tertiary/aromatic N) is 1. The van der Waals surface area contributed by atoms with Gasteiger partial charge < -0.3 is 19.8 Å². The Labute approximate surface area is 177 Å². The van der Waals surface area contributed by atoms with Crippen LogP contribution in [-0.2, 0) is 9.59 Å². The van der Waals surface area contributed by atoms with E-state index in [-0.39, 0.29) is 17.1 Å². The highest BCUT2D eigenvalue weighted by Crippen LogP contribution is 2.41. The van der Waals surface area contributed by atoms with Gasteiger partial charge in [0.15, 0.2) is 0 Å². The summed E-state index contributed by atoms with van der Waals surface area (Å²) in [6, 6.07) is 10.5. The van der Waals surface area contributed by atoms with E-state index in [0.29, 0.717) is 27.9 Å². The second-order valence-corrected chi connectivity index (χ2v) is 7.64. The lowest BCUT2D eigenvalue weighted by Crippen LogP contribution is -2.30. The van der Waals surface area contributed by atoms with E-state index in [4.69, 9.17) is 4.74 Å². The largest absolute Gasteiger partial charge is 0.508 e. The number of amides is 1. The smallest absolute Gasteiger partial charge is 0.295 e. The molecule has 2 N–H and O–H groups in total. The Kier molecular flexibility index (Phi) is 6.27. The Balaban J connectivity index is 2.17. The molecule has 1 atom stereocenters. The molecule has 1 heterocycles. The number of carbonyl (C=O) groups excluding carboxylic acids is 2. The fourth-order valence-corrected chi connectivity index (χ4v) is 3.99. The molecule has 152 valence electrons. The van der Waals surface area contributed by atoms with E-state index in [9.17, 15) is 19.8 Å². The zero-order valence-electron chi connectivity index (χ0n) is 16.2. The van der Waals surface area contributed by atoms with Crippen LogP contribution in [0.1, 0.15) is 36.9 Å². The van der Waals surface area contributed by atoms with Crippen LogP contribution in [0.2, 0.25) is 0 Å². The first-order valence-electron chi connectivity index (χ1n) is 9.30. The summed E-state index contributed by atoms with van der Waals surface area (Å²) in [4.78, 5) is 27.1. The minimum atomic E-state index is -0.769. The number of likely N-dealkylation sites (tertiary alicyclic amines) is 1. The number of aromatic hydroxyl groups is 1. The third kappa shape index (κ3) is 4.00. The van der Waals surface area contributed by atoms with E-state index in [1.165, 1.54) is 24.1 Å². The molecule has 1 aliphatic rings. The van der Waals surface area contributed by atoms with Gasteiger partial charge in [0.2, 0.25) is 0 Å². The minimum absolute atomic E-state index is 0.00812. The minimum Gasteiger partial charge on any atom is -0.508 e. The molecule has 0 aromatic heterocycles. The maximum Gasteiger partial charge on any atom is 0.295 e. The topological polar surface area (TPSA) is 87.1 Å². The summed E-state index contributed by atoms with van der Waals surface area (Å²) in [5.41, 5.74) is 0.958. The van der Waals surface area contributed by atoms with Crippen molar-refractivity contribution in [2.75, 3.05) is 13.7 Å². The van der Waals surface area contributed by atoms with Gasteiger partial charge in [-0.3, -0.25) is 9.59 Å². The van der Waals surface area contributed by atoms with E-state index in [0.717, 1.165) is 12.8 Å². The summed E-state index contributed by atoms with van der Waals surface area (Å²) < 4.78 is 5.82. The van der Waals surface area contributed by atoms with Gasteiger partial charge in [0, 0.05) is 12.1 Å². The first-order valence-corrected chi connectivity index (χ1v) is 10.1. The number of Topliss-reactive ketones (excluding diaryl/α,β-unsaturated/α-hetero) is 1. The summed E-state index contributed by atoms with van der Waals surface area (Å²) in [6.07, 6.45) is 1.57. The van der Waals surface area contributed by atoms with Crippen molar-refractivity contribution in [2.24, 2.45) is 0 Å². The summed E-state index contributed by atoms with van der Waals surface area (Å²) in [7, 11) is 1.53. The van der Waals surface area contributed by atoms with E-state index < -0.39 is 17.7 Å². The van der Waals surface area contributed by atoms with Crippen LogP contribution < -0.4 is 4.74 Å². The molecule has 1 aliphatic heterocycles. The summed E-state index contributed by atoms with van der Waals surface area (Å²) in [5, 5.41) is 20.9. The number of benzene rings is 2. The number of carbonyl (C=O) groups is 2. The van der Waals surface area contributed by atoms with Gasteiger partial charge in [0.1, 0.15) is 17.3 Å². The lowest BCUT2D eigenvalue weighted by Gasteiger charge is -2.25. The fraction of sp³-hybridized carbons (Fsp3) is 0.273. The standard InChI is InChI=1S/C22H22BrNO5/c1-3-4-10-24-19(13-6-5-7-15(25)11-13)18(21(27)22(24)28)20(26)14-8-9-17(29-2)16(23)12-14/h5-9,11-12,19,25-26H,3-4,10H2,1-2H3/b20-18-. The molecule has 0 aliphatic carbocycles. The molecule has 29 heavy (non-hydrogen) atoms. The Bertz CT molecular complexity index is 985. The van der Waals surface area contributed by atoms with Gasteiger partial charge in [-0.1, -0.05) is 25.5 Å². The maximum absolute atomic E-state index is 12.9. The zero-order valence-corrected chi connectivity index (χ0v) is 17.8. The molecular formula is C22H22BrNO5. The molecule has 2 aromatic rings. The number of aliphatic hydroxyl groups is 1. The first kappa shape index (κ1) is 20.9. The number of ketones is 1. The predicted octanol–water partition coefficient (Wildman–Crippen LogP) is 4.39. The lowest BCUT2D eigenvalue weighted by atomic mass is 9.95. The Morgan fingerprint density at radius 3 is 2.59 bits per heavy atom. The van der Waals surface area contributed by atoms with Crippen molar-refractivity contribution >= 4 is 33.4 Å². The molecule has 0 spiro atoms. The maximum atomic E-state index is 12.9. The van der Waals surface area contributed by atoms with E-state index in [1.54, 1.807) is 30.3 Å². The van der Waals surface area contributed by atoms with Gasteiger partial charge in [-0.2, -0.15) is 0 Å². The molecular weight excluding hydrogens is 438 g/mol. The average molecular weight is 460 g/mol. The molecule has 1 fully saturated rings. The fourth-order valence-electron chi connectivity index (χ4n) is 3.45. The number of ether oxygens (including phenoxy) is 1. The quantitative estimate of drug-likeness (QED) is 0.380. The number of phenolic OH excluding ortho intramolecular Hbond substituents is 1. The third-order valence-corrected chi connectivity index (χ3v) is 5.52. The van der Waals surface area contributed by atoms with Crippen molar-refractivity contribution in [1.82, 2.24) is 4.90 Å². The van der Waals surface area contributed by atoms with Crippen molar-refractivity contribution in [1.29, 1.82) is 0 Å². The van der Waals surface area contributed by atoms with Crippen LogP contribution in [-0.4, -0.2) is 40.5 Å². The van der Waals surface area contributed by atoms with Crippen molar-refractivity contribution < 1.29 is 24.5 Å². The summed E-state index contributed by atoms with van der Waals surface area (Å²) >= 11 is 3.37. The van der Waals surface area contributed by atoms with Crippen molar-refractivity contribution in [3.63, 3.8) is 0 Å². The molecule has 0 saturated carbocycles. The van der Waals surface area contributed by atoms with Gasteiger partial charge in [0.25, 0.3) is 11.7 Å². The predicted molar refractivity (Wildman–Crippen MR) is 113 cm³/mol.